The van der Waals surface area contributed by atoms with E-state index < -0.39 is 0 Å². The largest absolute Gasteiger partial charge is 0.369 e. The van der Waals surface area contributed by atoms with Gasteiger partial charge in [0, 0.05) is 26.2 Å². The number of hydrogen-bond donors (Lipinski definition) is 1. The molecule has 0 spiro atoms. The fraction of sp³-hybridized carbons (Fsp3) is 0.571. The first kappa shape index (κ1) is 13.7. The first-order valence-electron chi connectivity index (χ1n) is 6.51. The monoisotopic (exact) mass is 267 g/mol. The molecule has 1 unspecified atom stereocenters. The maximum absolute atomic E-state index is 6.35. The summed E-state index contributed by atoms with van der Waals surface area (Å²) in [5.74, 6) is 0. The second-order valence-corrected chi connectivity index (χ2v) is 5.57. The summed E-state index contributed by atoms with van der Waals surface area (Å²) in [6, 6.07) is 6.66. The van der Waals surface area contributed by atoms with Crippen molar-refractivity contribution in [2.45, 2.75) is 25.4 Å². The van der Waals surface area contributed by atoms with Crippen molar-refractivity contribution in [3.05, 3.63) is 28.8 Å². The van der Waals surface area contributed by atoms with E-state index in [4.69, 9.17) is 17.3 Å². The third kappa shape index (κ3) is 2.97. The van der Waals surface area contributed by atoms with Crippen LogP contribution in [0, 0.1) is 0 Å². The molecule has 18 heavy (non-hydrogen) atoms. The lowest BCUT2D eigenvalue weighted by Crippen LogP contribution is -2.45. The highest BCUT2D eigenvalue weighted by atomic mass is 35.5. The third-order valence-corrected chi connectivity index (χ3v) is 4.08. The van der Waals surface area contributed by atoms with E-state index in [1.807, 2.05) is 6.07 Å². The number of rotatable bonds is 3. The van der Waals surface area contributed by atoms with Gasteiger partial charge in [-0.15, -0.1) is 0 Å². The summed E-state index contributed by atoms with van der Waals surface area (Å²) < 4.78 is 0. The molecular weight excluding hydrogens is 246 g/mol. The molecule has 0 bridgehead atoms. The van der Waals surface area contributed by atoms with E-state index in [1.54, 1.807) is 0 Å². The number of nitrogens with zero attached hydrogens (tertiary/aromatic N) is 2. The molecule has 1 heterocycles. The number of likely N-dealkylation sites (tertiary alicyclic amines) is 1. The van der Waals surface area contributed by atoms with Crippen LogP contribution in [0.3, 0.4) is 0 Å². The summed E-state index contributed by atoms with van der Waals surface area (Å²) in [6.45, 7) is 2.84. The summed E-state index contributed by atoms with van der Waals surface area (Å²) in [4.78, 5) is 4.69. The summed E-state index contributed by atoms with van der Waals surface area (Å²) in [5.41, 5.74) is 7.81. The van der Waals surface area contributed by atoms with Gasteiger partial charge in [0.25, 0.3) is 0 Å². The van der Waals surface area contributed by atoms with Crippen LogP contribution in [-0.4, -0.2) is 38.1 Å². The van der Waals surface area contributed by atoms with E-state index in [0.717, 1.165) is 22.8 Å². The van der Waals surface area contributed by atoms with Gasteiger partial charge in [-0.1, -0.05) is 17.7 Å². The predicted octanol–water partition coefficient (Wildman–Crippen LogP) is 2.33. The van der Waals surface area contributed by atoms with Crippen LogP contribution in [0.5, 0.6) is 0 Å². The fourth-order valence-corrected chi connectivity index (χ4v) is 2.95. The third-order valence-electron chi connectivity index (χ3n) is 3.78. The minimum atomic E-state index is 0.538. The fourth-order valence-electron chi connectivity index (χ4n) is 2.62. The molecule has 0 aromatic heterocycles. The number of likely N-dealkylation sites (N-methyl/N-ethyl adjacent to an activating group) is 2. The highest BCUT2D eigenvalue weighted by molar-refractivity contribution is 6.33. The normalized spacial score (nSPS) is 21.0. The van der Waals surface area contributed by atoms with E-state index in [-0.39, 0.29) is 0 Å². The number of benzene rings is 1. The smallest absolute Gasteiger partial charge is 0.0642 e. The van der Waals surface area contributed by atoms with Gasteiger partial charge in [0.2, 0.25) is 0 Å². The van der Waals surface area contributed by atoms with Crippen molar-refractivity contribution in [1.29, 1.82) is 0 Å². The Morgan fingerprint density at radius 3 is 2.89 bits per heavy atom. The van der Waals surface area contributed by atoms with Gasteiger partial charge in [0.05, 0.1) is 10.7 Å². The van der Waals surface area contributed by atoms with Crippen LogP contribution in [0.4, 0.5) is 5.69 Å². The summed E-state index contributed by atoms with van der Waals surface area (Å²) in [6.07, 6.45) is 2.49. The van der Waals surface area contributed by atoms with Crippen molar-refractivity contribution >= 4 is 17.3 Å². The van der Waals surface area contributed by atoms with Gasteiger partial charge in [-0.3, -0.25) is 0 Å². The Hall–Kier alpha value is -0.770. The Kier molecular flexibility index (Phi) is 4.49. The average Bonchev–Trinajstić information content (AvgIpc) is 2.37. The Bertz CT molecular complexity index is 408. The number of nitrogens with two attached hydrogens (primary N) is 1. The predicted molar refractivity (Wildman–Crippen MR) is 78.3 cm³/mol. The lowest BCUT2D eigenvalue weighted by Gasteiger charge is -2.37. The van der Waals surface area contributed by atoms with Crippen LogP contribution >= 0.6 is 11.6 Å². The topological polar surface area (TPSA) is 32.5 Å². The molecule has 3 nitrogen and oxygen atoms in total. The van der Waals surface area contributed by atoms with E-state index in [9.17, 15) is 0 Å². The molecule has 0 aliphatic carbocycles. The van der Waals surface area contributed by atoms with Crippen LogP contribution in [0.25, 0.3) is 0 Å². The molecule has 2 N–H and O–H groups in total. The van der Waals surface area contributed by atoms with Crippen LogP contribution in [0.2, 0.25) is 5.02 Å². The Morgan fingerprint density at radius 1 is 1.50 bits per heavy atom. The summed E-state index contributed by atoms with van der Waals surface area (Å²) >= 11 is 6.35. The van der Waals surface area contributed by atoms with E-state index in [1.165, 1.54) is 19.4 Å². The molecule has 0 amide bonds. The van der Waals surface area contributed by atoms with Crippen molar-refractivity contribution in [1.82, 2.24) is 4.90 Å². The standard InChI is InChI=1S/C14H22ClN3/c1-17-7-3-4-12(10-17)18(2)14-6-5-11(9-16)8-13(14)15/h5-6,8,12H,3-4,7,9-10,16H2,1-2H3. The van der Waals surface area contributed by atoms with Crippen molar-refractivity contribution in [2.75, 3.05) is 32.1 Å². The van der Waals surface area contributed by atoms with Gasteiger partial charge in [-0.25, -0.2) is 0 Å². The van der Waals surface area contributed by atoms with Crippen molar-refractivity contribution in [3.63, 3.8) is 0 Å². The molecule has 1 aliphatic heterocycles. The molecule has 1 aromatic rings. The molecule has 1 atom stereocenters. The van der Waals surface area contributed by atoms with Crippen LogP contribution < -0.4 is 10.6 Å². The highest BCUT2D eigenvalue weighted by Gasteiger charge is 2.22. The van der Waals surface area contributed by atoms with Gasteiger partial charge >= 0.3 is 0 Å². The Labute approximate surface area is 115 Å². The van der Waals surface area contributed by atoms with Crippen molar-refractivity contribution in [2.24, 2.45) is 5.73 Å². The van der Waals surface area contributed by atoms with Crippen molar-refractivity contribution < 1.29 is 0 Å². The van der Waals surface area contributed by atoms with Crippen molar-refractivity contribution in [3.8, 4) is 0 Å². The summed E-state index contributed by atoms with van der Waals surface area (Å²) in [5, 5.41) is 0.800. The zero-order valence-electron chi connectivity index (χ0n) is 11.2. The zero-order chi connectivity index (χ0) is 13.1. The van der Waals surface area contributed by atoms with E-state index >= 15 is 0 Å². The molecule has 1 saturated heterocycles. The first-order chi connectivity index (χ1) is 8.61. The first-order valence-corrected chi connectivity index (χ1v) is 6.89. The number of halogens is 1. The SMILES string of the molecule is CN1CCCC(N(C)c2ccc(CN)cc2Cl)C1. The molecule has 2 rings (SSSR count). The Balaban J connectivity index is 2.15. The van der Waals surface area contributed by atoms with E-state index in [2.05, 4.69) is 36.0 Å². The molecule has 1 aromatic carbocycles. The highest BCUT2D eigenvalue weighted by Crippen LogP contribution is 2.29. The van der Waals surface area contributed by atoms with Gasteiger partial charge in [0.15, 0.2) is 0 Å². The summed E-state index contributed by atoms with van der Waals surface area (Å²) in [7, 11) is 4.31. The number of piperidine rings is 1. The molecule has 0 saturated carbocycles. The van der Waals surface area contributed by atoms with E-state index in [0.29, 0.717) is 12.6 Å². The molecule has 1 aliphatic rings. The van der Waals surface area contributed by atoms with Gasteiger partial charge in [-0.2, -0.15) is 0 Å². The van der Waals surface area contributed by atoms with Crippen LogP contribution in [0.15, 0.2) is 18.2 Å². The minimum absolute atomic E-state index is 0.538. The average molecular weight is 268 g/mol. The van der Waals surface area contributed by atoms with Gasteiger partial charge in [0.1, 0.15) is 0 Å². The maximum Gasteiger partial charge on any atom is 0.0642 e. The van der Waals surface area contributed by atoms with Gasteiger partial charge < -0.3 is 15.5 Å². The molecule has 100 valence electrons. The minimum Gasteiger partial charge on any atom is -0.369 e. The van der Waals surface area contributed by atoms with Crippen LogP contribution in [-0.2, 0) is 6.54 Å². The second-order valence-electron chi connectivity index (χ2n) is 5.16. The lowest BCUT2D eigenvalue weighted by atomic mass is 10.0. The Morgan fingerprint density at radius 2 is 2.28 bits per heavy atom. The van der Waals surface area contributed by atoms with Gasteiger partial charge in [-0.05, 0) is 44.1 Å². The molecule has 4 heteroatoms. The second kappa shape index (κ2) is 5.91. The lowest BCUT2D eigenvalue weighted by molar-refractivity contribution is 0.248. The number of anilines is 1. The zero-order valence-corrected chi connectivity index (χ0v) is 12.0. The quantitative estimate of drug-likeness (QED) is 0.912. The molecule has 0 radical (unpaired) electrons. The molecular formula is C14H22ClN3. The number of hydrogen-bond acceptors (Lipinski definition) is 3. The van der Waals surface area contributed by atoms with Crippen LogP contribution in [0.1, 0.15) is 18.4 Å². The molecule has 1 fully saturated rings. The maximum atomic E-state index is 6.35.